The van der Waals surface area contributed by atoms with Crippen molar-refractivity contribution >= 4 is 16.0 Å². The van der Waals surface area contributed by atoms with Crippen LogP contribution in [0.1, 0.15) is 24.6 Å². The summed E-state index contributed by atoms with van der Waals surface area (Å²) in [5.41, 5.74) is 0.245. The Morgan fingerprint density at radius 3 is 2.65 bits per heavy atom. The van der Waals surface area contributed by atoms with Gasteiger partial charge in [-0.05, 0) is 30.9 Å². The van der Waals surface area contributed by atoms with Crippen LogP contribution in [-0.2, 0) is 28.4 Å². The average Bonchev–Trinajstić information content (AvgIpc) is 2.98. The molecular formula is C13H17N5O4S. The maximum absolute atomic E-state index is 12.6. The molecule has 2 N–H and O–H groups in total. The molecule has 9 nitrogen and oxygen atoms in total. The number of carboxylic acids is 1. The van der Waals surface area contributed by atoms with Crippen molar-refractivity contribution in [2.75, 3.05) is 0 Å². The molecule has 0 bridgehead atoms. The summed E-state index contributed by atoms with van der Waals surface area (Å²) in [6.45, 7) is 0.521. The lowest BCUT2D eigenvalue weighted by molar-refractivity contribution is -0.139. The summed E-state index contributed by atoms with van der Waals surface area (Å²) in [5, 5.41) is 17.2. The highest BCUT2D eigenvalue weighted by molar-refractivity contribution is 7.89. The number of hydrogen-bond acceptors (Lipinski definition) is 5. The third-order valence-electron chi connectivity index (χ3n) is 3.76. The zero-order chi connectivity index (χ0) is 16.6. The van der Waals surface area contributed by atoms with E-state index in [2.05, 4.69) is 14.9 Å². The van der Waals surface area contributed by atoms with E-state index >= 15 is 0 Å². The van der Waals surface area contributed by atoms with Crippen molar-refractivity contribution in [3.63, 3.8) is 0 Å². The molecule has 3 rings (SSSR count). The predicted molar refractivity (Wildman–Crippen MR) is 78.9 cm³/mol. The Morgan fingerprint density at radius 2 is 2.09 bits per heavy atom. The van der Waals surface area contributed by atoms with Crippen molar-refractivity contribution in [2.45, 2.75) is 30.5 Å². The number of carbonyl (C=O) groups is 1. The van der Waals surface area contributed by atoms with E-state index in [1.807, 2.05) is 0 Å². The van der Waals surface area contributed by atoms with Gasteiger partial charge in [0.2, 0.25) is 0 Å². The molecule has 1 atom stereocenters. The molecule has 1 unspecified atom stereocenters. The average molecular weight is 339 g/mol. The van der Waals surface area contributed by atoms with Gasteiger partial charge in [-0.25, -0.2) is 8.42 Å². The smallest absolute Gasteiger partial charge is 0.327 e. The third kappa shape index (κ3) is 3.27. The Balaban J connectivity index is 1.88. The number of rotatable bonds is 7. The second-order valence-electron chi connectivity index (χ2n) is 5.57. The fraction of sp³-hybridized carbons (Fsp3) is 0.462. The van der Waals surface area contributed by atoms with Gasteiger partial charge in [-0.15, -0.1) is 0 Å². The van der Waals surface area contributed by atoms with Crippen molar-refractivity contribution in [3.8, 4) is 0 Å². The zero-order valence-corrected chi connectivity index (χ0v) is 13.3. The number of carboxylic acid groups (broad SMARTS) is 1. The van der Waals surface area contributed by atoms with Crippen LogP contribution in [0, 0.1) is 5.92 Å². The Morgan fingerprint density at radius 1 is 1.39 bits per heavy atom. The Hall–Kier alpha value is -2.20. The van der Waals surface area contributed by atoms with Crippen molar-refractivity contribution in [3.05, 3.63) is 30.2 Å². The van der Waals surface area contributed by atoms with Crippen LogP contribution < -0.4 is 4.72 Å². The molecule has 1 aliphatic carbocycles. The molecule has 0 saturated heterocycles. The third-order valence-corrected chi connectivity index (χ3v) is 5.20. The fourth-order valence-corrected chi connectivity index (χ4v) is 3.64. The number of nitrogens with zero attached hydrogens (tertiary/aromatic N) is 4. The maximum Gasteiger partial charge on any atom is 0.327 e. The van der Waals surface area contributed by atoms with Gasteiger partial charge < -0.3 is 5.11 Å². The molecule has 23 heavy (non-hydrogen) atoms. The van der Waals surface area contributed by atoms with Gasteiger partial charge in [-0.2, -0.15) is 14.9 Å². The molecule has 0 radical (unpaired) electrons. The standard InChI is InChI=1S/C13H17N5O4S/c1-17-10(4-6-14-17)12(13(19)20)16-23(21,22)11-5-7-15-18(11)8-9-2-3-9/h4-7,9,12,16H,2-3,8H2,1H3,(H,19,20). The molecule has 0 amide bonds. The van der Waals surface area contributed by atoms with Gasteiger partial charge in [0, 0.05) is 19.8 Å². The molecule has 1 saturated carbocycles. The second kappa shape index (κ2) is 5.78. The molecule has 2 aromatic heterocycles. The first-order chi connectivity index (χ1) is 10.9. The summed E-state index contributed by atoms with van der Waals surface area (Å²) >= 11 is 0. The fourth-order valence-electron chi connectivity index (χ4n) is 2.35. The molecule has 2 heterocycles. The van der Waals surface area contributed by atoms with Crippen LogP contribution in [-0.4, -0.2) is 39.1 Å². The van der Waals surface area contributed by atoms with Gasteiger partial charge >= 0.3 is 5.97 Å². The summed E-state index contributed by atoms with van der Waals surface area (Å²) < 4.78 is 30.1. The lowest BCUT2D eigenvalue weighted by atomic mass is 10.2. The van der Waals surface area contributed by atoms with E-state index in [1.54, 1.807) is 7.05 Å². The number of aryl methyl sites for hydroxylation is 1. The van der Waals surface area contributed by atoms with Crippen molar-refractivity contribution in [2.24, 2.45) is 13.0 Å². The molecular weight excluding hydrogens is 322 g/mol. The summed E-state index contributed by atoms with van der Waals surface area (Å²) in [6, 6.07) is 1.41. The highest BCUT2D eigenvalue weighted by Gasteiger charge is 2.32. The van der Waals surface area contributed by atoms with E-state index in [4.69, 9.17) is 0 Å². The van der Waals surface area contributed by atoms with Crippen LogP contribution in [0.15, 0.2) is 29.6 Å². The summed E-state index contributed by atoms with van der Waals surface area (Å²) in [6.07, 6.45) is 4.92. The van der Waals surface area contributed by atoms with E-state index in [-0.39, 0.29) is 10.7 Å². The maximum atomic E-state index is 12.6. The Bertz CT molecular complexity index is 821. The predicted octanol–water partition coefficient (Wildman–Crippen LogP) is 0.131. The summed E-state index contributed by atoms with van der Waals surface area (Å²) in [7, 11) is -2.47. The largest absolute Gasteiger partial charge is 0.480 e. The normalized spacial score (nSPS) is 16.4. The van der Waals surface area contributed by atoms with E-state index in [0.29, 0.717) is 12.5 Å². The van der Waals surface area contributed by atoms with Crippen LogP contribution in [0.2, 0.25) is 0 Å². The van der Waals surface area contributed by atoms with E-state index in [1.165, 1.54) is 33.9 Å². The minimum Gasteiger partial charge on any atom is -0.480 e. The van der Waals surface area contributed by atoms with Crippen LogP contribution in [0.5, 0.6) is 0 Å². The van der Waals surface area contributed by atoms with Gasteiger partial charge in [-0.3, -0.25) is 14.2 Å². The quantitative estimate of drug-likeness (QED) is 0.740. The van der Waals surface area contributed by atoms with E-state index in [0.717, 1.165) is 12.8 Å². The van der Waals surface area contributed by atoms with Crippen molar-refractivity contribution in [1.82, 2.24) is 24.3 Å². The second-order valence-corrected chi connectivity index (χ2v) is 7.23. The van der Waals surface area contributed by atoms with Gasteiger partial charge in [-0.1, -0.05) is 0 Å². The number of nitrogens with one attached hydrogen (secondary N) is 1. The Labute approximate surface area is 133 Å². The summed E-state index contributed by atoms with van der Waals surface area (Å²) in [4.78, 5) is 11.5. The molecule has 124 valence electrons. The van der Waals surface area contributed by atoms with Crippen molar-refractivity contribution in [1.29, 1.82) is 0 Å². The van der Waals surface area contributed by atoms with Gasteiger partial charge in [0.1, 0.15) is 0 Å². The van der Waals surface area contributed by atoms with Gasteiger partial charge in [0.25, 0.3) is 10.0 Å². The number of sulfonamides is 1. The zero-order valence-electron chi connectivity index (χ0n) is 12.5. The first kappa shape index (κ1) is 15.7. The van der Waals surface area contributed by atoms with Crippen LogP contribution in [0.3, 0.4) is 0 Å². The molecule has 1 fully saturated rings. The van der Waals surface area contributed by atoms with E-state index < -0.39 is 22.0 Å². The number of aromatic nitrogens is 4. The topological polar surface area (TPSA) is 119 Å². The minimum atomic E-state index is -4.02. The Kier molecular flexibility index (Phi) is 3.94. The first-order valence-electron chi connectivity index (χ1n) is 7.13. The molecule has 1 aliphatic rings. The van der Waals surface area contributed by atoms with Crippen LogP contribution in [0.25, 0.3) is 0 Å². The minimum absolute atomic E-state index is 0.0298. The number of hydrogen-bond donors (Lipinski definition) is 2. The first-order valence-corrected chi connectivity index (χ1v) is 8.61. The number of aliphatic carboxylic acids is 1. The monoisotopic (exact) mass is 339 g/mol. The highest BCUT2D eigenvalue weighted by Crippen LogP contribution is 2.31. The van der Waals surface area contributed by atoms with Gasteiger partial charge in [0.05, 0.1) is 11.9 Å². The molecule has 0 spiro atoms. The van der Waals surface area contributed by atoms with Crippen LogP contribution in [0.4, 0.5) is 0 Å². The SMILES string of the molecule is Cn1nccc1C(NS(=O)(=O)c1ccnn1CC1CC1)C(=O)O. The summed E-state index contributed by atoms with van der Waals surface area (Å²) in [5.74, 6) is -0.860. The van der Waals surface area contributed by atoms with E-state index in [9.17, 15) is 18.3 Å². The van der Waals surface area contributed by atoms with Crippen molar-refractivity contribution < 1.29 is 18.3 Å². The van der Waals surface area contributed by atoms with Crippen LogP contribution >= 0.6 is 0 Å². The highest BCUT2D eigenvalue weighted by atomic mass is 32.2. The molecule has 0 aliphatic heterocycles. The molecule has 10 heteroatoms. The molecule has 0 aromatic carbocycles. The molecule has 2 aromatic rings. The lowest BCUT2D eigenvalue weighted by Crippen LogP contribution is -2.36. The lowest BCUT2D eigenvalue weighted by Gasteiger charge is -2.15. The van der Waals surface area contributed by atoms with Gasteiger partial charge in [0.15, 0.2) is 11.1 Å².